The normalized spacial score (nSPS) is 10.9. The van der Waals surface area contributed by atoms with E-state index in [1.54, 1.807) is 29.0 Å². The third-order valence-electron chi connectivity index (χ3n) is 4.79. The standard InChI is InChI=1S/C24H19N5O3/c1-16-25-15-23-29(16)28-24(32-23)18-10-11-21(26-14-18)27-22(30)13-17-6-5-9-20(12-17)31-19-7-3-2-4-8-19/h2-12,14-15H,13H2,1H3,(H,26,27,30). The van der Waals surface area contributed by atoms with Crippen LogP contribution in [-0.2, 0) is 11.2 Å². The smallest absolute Gasteiger partial charge is 0.248 e. The minimum Gasteiger partial charge on any atom is -0.457 e. The molecule has 0 bridgehead atoms. The van der Waals surface area contributed by atoms with E-state index in [1.807, 2.05) is 61.5 Å². The lowest BCUT2D eigenvalue weighted by atomic mass is 10.1. The zero-order chi connectivity index (χ0) is 21.9. The zero-order valence-corrected chi connectivity index (χ0v) is 17.2. The van der Waals surface area contributed by atoms with E-state index in [1.165, 1.54) is 0 Å². The number of benzene rings is 2. The van der Waals surface area contributed by atoms with Gasteiger partial charge in [-0.1, -0.05) is 30.3 Å². The number of fused-ring (bicyclic) bond motifs is 1. The van der Waals surface area contributed by atoms with Crippen molar-refractivity contribution in [1.82, 2.24) is 19.6 Å². The van der Waals surface area contributed by atoms with Gasteiger partial charge in [-0.25, -0.2) is 9.97 Å². The van der Waals surface area contributed by atoms with Crippen LogP contribution in [0, 0.1) is 6.92 Å². The van der Waals surface area contributed by atoms with Crippen LogP contribution in [0.4, 0.5) is 5.82 Å². The maximum Gasteiger partial charge on any atom is 0.248 e. The summed E-state index contributed by atoms with van der Waals surface area (Å²) in [7, 11) is 0. The van der Waals surface area contributed by atoms with Gasteiger partial charge >= 0.3 is 0 Å². The molecule has 0 radical (unpaired) electrons. The molecule has 3 heterocycles. The van der Waals surface area contributed by atoms with E-state index in [0.29, 0.717) is 28.7 Å². The number of nitrogens with one attached hydrogen (secondary N) is 1. The van der Waals surface area contributed by atoms with Gasteiger partial charge in [-0.2, -0.15) is 4.52 Å². The summed E-state index contributed by atoms with van der Waals surface area (Å²) in [6.07, 6.45) is 3.43. The van der Waals surface area contributed by atoms with Crippen LogP contribution in [0.3, 0.4) is 0 Å². The van der Waals surface area contributed by atoms with Crippen LogP contribution in [0.5, 0.6) is 11.5 Å². The van der Waals surface area contributed by atoms with E-state index < -0.39 is 0 Å². The Kier molecular flexibility index (Phi) is 5.09. The molecule has 0 aliphatic rings. The number of hydrogen-bond acceptors (Lipinski definition) is 6. The second-order valence-corrected chi connectivity index (χ2v) is 7.18. The summed E-state index contributed by atoms with van der Waals surface area (Å²) in [5, 5.41) is 7.19. The molecule has 0 atom stereocenters. The van der Waals surface area contributed by atoms with Gasteiger partial charge in [0.05, 0.1) is 18.2 Å². The molecule has 3 aromatic heterocycles. The Morgan fingerprint density at radius 1 is 1.00 bits per heavy atom. The molecule has 0 aliphatic carbocycles. The molecule has 0 aliphatic heterocycles. The Morgan fingerprint density at radius 3 is 2.62 bits per heavy atom. The maximum atomic E-state index is 12.5. The highest BCUT2D eigenvalue weighted by Gasteiger charge is 2.12. The first kappa shape index (κ1) is 19.5. The topological polar surface area (TPSA) is 94.5 Å². The molecule has 0 saturated heterocycles. The number of ether oxygens (including phenoxy) is 1. The van der Waals surface area contributed by atoms with Crippen molar-refractivity contribution < 1.29 is 13.9 Å². The summed E-state index contributed by atoms with van der Waals surface area (Å²) in [5.74, 6) is 2.88. The van der Waals surface area contributed by atoms with Crippen LogP contribution < -0.4 is 10.1 Å². The van der Waals surface area contributed by atoms with Crippen LogP contribution in [-0.4, -0.2) is 25.5 Å². The van der Waals surface area contributed by atoms with Gasteiger partial charge in [0, 0.05) is 6.20 Å². The molecule has 0 unspecified atom stereocenters. The number of carbonyl (C=O) groups is 1. The number of hydrogen-bond donors (Lipinski definition) is 1. The molecular formula is C24H19N5O3. The average Bonchev–Trinajstić information content (AvgIpc) is 3.37. The van der Waals surface area contributed by atoms with Gasteiger partial charge in [-0.3, -0.25) is 4.79 Å². The number of nitrogens with zero attached hydrogens (tertiary/aromatic N) is 4. The van der Waals surface area contributed by atoms with Crippen molar-refractivity contribution in [3.05, 3.63) is 90.5 Å². The number of pyridine rings is 1. The van der Waals surface area contributed by atoms with Crippen molar-refractivity contribution >= 4 is 17.4 Å². The molecule has 8 nitrogen and oxygen atoms in total. The lowest BCUT2D eigenvalue weighted by molar-refractivity contribution is -0.115. The largest absolute Gasteiger partial charge is 0.457 e. The molecule has 5 rings (SSSR count). The molecule has 32 heavy (non-hydrogen) atoms. The Balaban J connectivity index is 1.23. The second-order valence-electron chi connectivity index (χ2n) is 7.18. The molecule has 158 valence electrons. The first-order valence-corrected chi connectivity index (χ1v) is 10.0. The molecule has 1 N–H and O–H groups in total. The highest BCUT2D eigenvalue weighted by molar-refractivity contribution is 5.91. The predicted octanol–water partition coefficient (Wildman–Crippen LogP) is 4.67. The van der Waals surface area contributed by atoms with Gasteiger partial charge in [0.15, 0.2) is 0 Å². The van der Waals surface area contributed by atoms with E-state index in [-0.39, 0.29) is 12.3 Å². The van der Waals surface area contributed by atoms with Crippen molar-refractivity contribution in [1.29, 1.82) is 0 Å². The summed E-state index contributed by atoms with van der Waals surface area (Å²) in [6.45, 7) is 1.85. The Labute approximate surface area is 183 Å². The Bertz CT molecular complexity index is 1370. The van der Waals surface area contributed by atoms with Crippen LogP contribution in [0.15, 0.2) is 83.5 Å². The summed E-state index contributed by atoms with van der Waals surface area (Å²) in [6, 6.07) is 20.5. The molecule has 2 aromatic carbocycles. The molecule has 0 fully saturated rings. The van der Waals surface area contributed by atoms with Gasteiger partial charge in [0.2, 0.25) is 17.5 Å². The molecule has 5 aromatic rings. The second kappa shape index (κ2) is 8.35. The fourth-order valence-electron chi connectivity index (χ4n) is 3.25. The van der Waals surface area contributed by atoms with E-state index in [4.69, 9.17) is 9.15 Å². The first-order chi connectivity index (χ1) is 15.6. The highest BCUT2D eigenvalue weighted by Crippen LogP contribution is 2.23. The summed E-state index contributed by atoms with van der Waals surface area (Å²) in [4.78, 5) is 20.9. The lowest BCUT2D eigenvalue weighted by Gasteiger charge is -2.08. The van der Waals surface area contributed by atoms with E-state index >= 15 is 0 Å². The lowest BCUT2D eigenvalue weighted by Crippen LogP contribution is -2.15. The van der Waals surface area contributed by atoms with Crippen LogP contribution in [0.1, 0.15) is 11.4 Å². The van der Waals surface area contributed by atoms with Crippen molar-refractivity contribution in [3.63, 3.8) is 0 Å². The summed E-state index contributed by atoms with van der Waals surface area (Å²) in [5.41, 5.74) is 2.11. The van der Waals surface area contributed by atoms with Crippen molar-refractivity contribution in [3.8, 4) is 23.0 Å². The fraction of sp³-hybridized carbons (Fsp3) is 0.0833. The number of aromatic nitrogens is 4. The average molecular weight is 425 g/mol. The van der Waals surface area contributed by atoms with E-state index in [2.05, 4.69) is 20.4 Å². The molecule has 0 spiro atoms. The fourth-order valence-corrected chi connectivity index (χ4v) is 3.25. The molecule has 8 heteroatoms. The van der Waals surface area contributed by atoms with Gasteiger partial charge in [-0.05, 0) is 48.9 Å². The monoisotopic (exact) mass is 425 g/mol. The number of imidazole rings is 1. The number of para-hydroxylation sites is 1. The van der Waals surface area contributed by atoms with E-state index in [9.17, 15) is 4.79 Å². The first-order valence-electron chi connectivity index (χ1n) is 10.0. The van der Waals surface area contributed by atoms with Crippen molar-refractivity contribution in [2.75, 3.05) is 5.32 Å². The van der Waals surface area contributed by atoms with Gasteiger partial charge in [0.25, 0.3) is 0 Å². The number of aryl methyl sites for hydroxylation is 1. The number of rotatable bonds is 6. The Morgan fingerprint density at radius 2 is 1.84 bits per heavy atom. The van der Waals surface area contributed by atoms with Gasteiger partial charge < -0.3 is 14.5 Å². The van der Waals surface area contributed by atoms with E-state index in [0.717, 1.165) is 17.1 Å². The van der Waals surface area contributed by atoms with Crippen LogP contribution in [0.25, 0.3) is 17.2 Å². The van der Waals surface area contributed by atoms with Gasteiger partial charge in [0.1, 0.15) is 23.1 Å². The number of carbonyl (C=O) groups excluding carboxylic acids is 1. The minimum absolute atomic E-state index is 0.172. The van der Waals surface area contributed by atoms with Gasteiger partial charge in [-0.15, -0.1) is 5.10 Å². The molecule has 0 saturated carbocycles. The third kappa shape index (κ3) is 4.20. The quantitative estimate of drug-likeness (QED) is 0.425. The Hall–Kier alpha value is -4.46. The summed E-state index contributed by atoms with van der Waals surface area (Å²) < 4.78 is 13.1. The van der Waals surface area contributed by atoms with Crippen molar-refractivity contribution in [2.24, 2.45) is 0 Å². The zero-order valence-electron chi connectivity index (χ0n) is 17.2. The molecule has 1 amide bonds. The number of anilines is 1. The van der Waals surface area contributed by atoms with Crippen molar-refractivity contribution in [2.45, 2.75) is 13.3 Å². The predicted molar refractivity (Wildman–Crippen MR) is 119 cm³/mol. The van der Waals surface area contributed by atoms with Crippen LogP contribution >= 0.6 is 0 Å². The minimum atomic E-state index is -0.172. The SMILES string of the molecule is Cc1ncc2oc(-c3ccc(NC(=O)Cc4cccc(Oc5ccccc5)c4)nc3)nn12. The third-order valence-corrected chi connectivity index (χ3v) is 4.79. The highest BCUT2D eigenvalue weighted by atomic mass is 16.5. The maximum absolute atomic E-state index is 12.5. The molecular weight excluding hydrogens is 406 g/mol. The van der Waals surface area contributed by atoms with Crippen LogP contribution in [0.2, 0.25) is 0 Å². The number of amides is 1. The summed E-state index contributed by atoms with van der Waals surface area (Å²) >= 11 is 0.